The van der Waals surface area contributed by atoms with E-state index in [9.17, 15) is 4.79 Å². The highest BCUT2D eigenvalue weighted by Crippen LogP contribution is 2.22. The van der Waals surface area contributed by atoms with Gasteiger partial charge >= 0.3 is 0 Å². The third-order valence-corrected chi connectivity index (χ3v) is 3.46. The highest BCUT2D eigenvalue weighted by atomic mass is 35.5. The van der Waals surface area contributed by atoms with Crippen LogP contribution in [-0.2, 0) is 4.79 Å². The van der Waals surface area contributed by atoms with Gasteiger partial charge in [0.15, 0.2) is 0 Å². The van der Waals surface area contributed by atoms with Crippen LogP contribution in [0.2, 0.25) is 10.0 Å². The number of nitrogens with one attached hydrogen (secondary N) is 2. The minimum Gasteiger partial charge on any atom is -0.376 e. The number of halogens is 2. The number of carbonyl (C=O) groups excluding carboxylic acids is 1. The van der Waals surface area contributed by atoms with Gasteiger partial charge in [0.25, 0.3) is 0 Å². The predicted molar refractivity (Wildman–Crippen MR) is 84.8 cm³/mol. The Morgan fingerprint density at radius 3 is 2.65 bits per heavy atom. The van der Waals surface area contributed by atoms with E-state index in [-0.39, 0.29) is 12.5 Å². The molecule has 20 heavy (non-hydrogen) atoms. The molecule has 2 N–H and O–H groups in total. The summed E-state index contributed by atoms with van der Waals surface area (Å²) < 4.78 is 0. The van der Waals surface area contributed by atoms with Gasteiger partial charge < -0.3 is 10.6 Å². The van der Waals surface area contributed by atoms with Gasteiger partial charge in [0, 0.05) is 21.4 Å². The van der Waals surface area contributed by atoms with Crippen molar-refractivity contribution in [2.75, 3.05) is 17.2 Å². The van der Waals surface area contributed by atoms with Crippen LogP contribution in [-0.4, -0.2) is 12.5 Å². The summed E-state index contributed by atoms with van der Waals surface area (Å²) in [7, 11) is 0. The summed E-state index contributed by atoms with van der Waals surface area (Å²) >= 11 is 11.9. The van der Waals surface area contributed by atoms with Crippen LogP contribution in [0.5, 0.6) is 0 Å². The highest BCUT2D eigenvalue weighted by Gasteiger charge is 2.05. The lowest BCUT2D eigenvalue weighted by Crippen LogP contribution is -2.22. The Balaban J connectivity index is 1.94. The molecule has 0 aliphatic rings. The first-order chi connectivity index (χ1) is 9.56. The lowest BCUT2D eigenvalue weighted by molar-refractivity contribution is -0.114. The van der Waals surface area contributed by atoms with E-state index >= 15 is 0 Å². The maximum absolute atomic E-state index is 11.8. The lowest BCUT2D eigenvalue weighted by atomic mass is 10.2. The number of rotatable bonds is 4. The zero-order valence-corrected chi connectivity index (χ0v) is 12.4. The minimum atomic E-state index is -0.147. The molecule has 0 aromatic heterocycles. The monoisotopic (exact) mass is 308 g/mol. The molecule has 104 valence electrons. The van der Waals surface area contributed by atoms with E-state index in [1.54, 1.807) is 24.3 Å². The number of hydrogen-bond acceptors (Lipinski definition) is 2. The van der Waals surface area contributed by atoms with Crippen LogP contribution >= 0.6 is 23.2 Å². The molecule has 2 aromatic carbocycles. The summed E-state index contributed by atoms with van der Waals surface area (Å²) in [4.78, 5) is 11.8. The Morgan fingerprint density at radius 1 is 1.15 bits per heavy atom. The SMILES string of the molecule is Cc1c(Cl)cccc1NCC(=O)Nc1cccc(Cl)c1. The van der Waals surface area contributed by atoms with Gasteiger partial charge in [0.1, 0.15) is 0 Å². The van der Waals surface area contributed by atoms with Crippen molar-refractivity contribution in [2.45, 2.75) is 6.92 Å². The van der Waals surface area contributed by atoms with E-state index in [1.165, 1.54) is 0 Å². The van der Waals surface area contributed by atoms with Gasteiger partial charge in [-0.1, -0.05) is 35.3 Å². The molecular weight excluding hydrogens is 295 g/mol. The maximum atomic E-state index is 11.8. The van der Waals surface area contributed by atoms with Crippen LogP contribution < -0.4 is 10.6 Å². The predicted octanol–water partition coefficient (Wildman–Crippen LogP) is 4.35. The number of amides is 1. The summed E-state index contributed by atoms with van der Waals surface area (Å²) in [5.41, 5.74) is 2.44. The van der Waals surface area contributed by atoms with Gasteiger partial charge in [-0.05, 0) is 42.8 Å². The Hall–Kier alpha value is -1.71. The van der Waals surface area contributed by atoms with E-state index < -0.39 is 0 Å². The molecule has 0 atom stereocenters. The fourth-order valence-electron chi connectivity index (χ4n) is 1.75. The van der Waals surface area contributed by atoms with Gasteiger partial charge in [-0.15, -0.1) is 0 Å². The van der Waals surface area contributed by atoms with Gasteiger partial charge in [-0.2, -0.15) is 0 Å². The first-order valence-electron chi connectivity index (χ1n) is 6.10. The number of benzene rings is 2. The normalized spacial score (nSPS) is 10.2. The molecule has 0 saturated heterocycles. The van der Waals surface area contributed by atoms with Crippen molar-refractivity contribution in [3.63, 3.8) is 0 Å². The molecule has 0 fully saturated rings. The van der Waals surface area contributed by atoms with Crippen LogP contribution in [0.4, 0.5) is 11.4 Å². The molecule has 0 bridgehead atoms. The van der Waals surface area contributed by atoms with Crippen molar-refractivity contribution in [2.24, 2.45) is 0 Å². The molecule has 0 radical (unpaired) electrons. The third kappa shape index (κ3) is 3.89. The van der Waals surface area contributed by atoms with Crippen molar-refractivity contribution in [1.29, 1.82) is 0 Å². The van der Waals surface area contributed by atoms with Crippen LogP contribution in [0, 0.1) is 6.92 Å². The molecule has 0 saturated carbocycles. The number of hydrogen-bond donors (Lipinski definition) is 2. The van der Waals surface area contributed by atoms with Gasteiger partial charge in [0.2, 0.25) is 5.91 Å². The number of anilines is 2. The summed E-state index contributed by atoms with van der Waals surface area (Å²) in [6.45, 7) is 2.06. The molecule has 0 spiro atoms. The second-order valence-corrected chi connectivity index (χ2v) is 5.17. The quantitative estimate of drug-likeness (QED) is 0.881. The fraction of sp³-hybridized carbons (Fsp3) is 0.133. The first-order valence-corrected chi connectivity index (χ1v) is 6.86. The van der Waals surface area contributed by atoms with Crippen molar-refractivity contribution >= 4 is 40.5 Å². The molecule has 0 aliphatic heterocycles. The summed E-state index contributed by atoms with van der Waals surface area (Å²) in [5.74, 6) is -0.147. The Bertz CT molecular complexity index is 629. The Labute approximate surface area is 127 Å². The van der Waals surface area contributed by atoms with E-state index in [4.69, 9.17) is 23.2 Å². The van der Waals surface area contributed by atoms with Crippen molar-refractivity contribution in [1.82, 2.24) is 0 Å². The molecular formula is C15H14Cl2N2O. The molecule has 0 unspecified atom stereocenters. The second-order valence-electron chi connectivity index (χ2n) is 4.32. The summed E-state index contributed by atoms with van der Waals surface area (Å²) in [6, 6.07) is 12.6. The largest absolute Gasteiger partial charge is 0.376 e. The van der Waals surface area contributed by atoms with Crippen molar-refractivity contribution in [3.05, 3.63) is 58.1 Å². The Kier molecular flexibility index (Phi) is 4.88. The topological polar surface area (TPSA) is 41.1 Å². The molecule has 3 nitrogen and oxygen atoms in total. The molecule has 2 rings (SSSR count). The van der Waals surface area contributed by atoms with Crippen molar-refractivity contribution in [3.8, 4) is 0 Å². The first kappa shape index (κ1) is 14.7. The van der Waals surface area contributed by atoms with E-state index in [0.29, 0.717) is 15.7 Å². The fourth-order valence-corrected chi connectivity index (χ4v) is 2.11. The summed E-state index contributed by atoms with van der Waals surface area (Å²) in [5, 5.41) is 7.08. The zero-order chi connectivity index (χ0) is 14.5. The molecule has 1 amide bonds. The minimum absolute atomic E-state index is 0.147. The molecule has 5 heteroatoms. The van der Waals surface area contributed by atoms with E-state index in [2.05, 4.69) is 10.6 Å². The smallest absolute Gasteiger partial charge is 0.243 e. The standard InChI is InChI=1S/C15H14Cl2N2O/c1-10-13(17)6-3-7-14(10)18-9-15(20)19-12-5-2-4-11(16)8-12/h2-8,18H,9H2,1H3,(H,19,20). The average molecular weight is 309 g/mol. The van der Waals surface area contributed by atoms with Crippen LogP contribution in [0.15, 0.2) is 42.5 Å². The highest BCUT2D eigenvalue weighted by molar-refractivity contribution is 6.31. The molecule has 0 aliphatic carbocycles. The van der Waals surface area contributed by atoms with Crippen molar-refractivity contribution < 1.29 is 4.79 Å². The van der Waals surface area contributed by atoms with Gasteiger partial charge in [0.05, 0.1) is 6.54 Å². The average Bonchev–Trinajstić information content (AvgIpc) is 2.40. The van der Waals surface area contributed by atoms with Gasteiger partial charge in [-0.25, -0.2) is 0 Å². The molecule has 2 aromatic rings. The molecule has 0 heterocycles. The van der Waals surface area contributed by atoms with E-state index in [1.807, 2.05) is 25.1 Å². The van der Waals surface area contributed by atoms with Crippen LogP contribution in [0.1, 0.15) is 5.56 Å². The van der Waals surface area contributed by atoms with Crippen LogP contribution in [0.3, 0.4) is 0 Å². The summed E-state index contributed by atoms with van der Waals surface area (Å²) in [6.07, 6.45) is 0. The van der Waals surface area contributed by atoms with E-state index in [0.717, 1.165) is 11.3 Å². The third-order valence-electron chi connectivity index (χ3n) is 2.82. The lowest BCUT2D eigenvalue weighted by Gasteiger charge is -2.11. The number of carbonyl (C=O) groups is 1. The zero-order valence-electron chi connectivity index (χ0n) is 10.9. The van der Waals surface area contributed by atoms with Crippen LogP contribution in [0.25, 0.3) is 0 Å². The van der Waals surface area contributed by atoms with Gasteiger partial charge in [-0.3, -0.25) is 4.79 Å². The second kappa shape index (κ2) is 6.64. The Morgan fingerprint density at radius 2 is 1.90 bits per heavy atom. The maximum Gasteiger partial charge on any atom is 0.243 e.